The van der Waals surface area contributed by atoms with Crippen LogP contribution in [0, 0.1) is 12.7 Å². The summed E-state index contributed by atoms with van der Waals surface area (Å²) in [6.45, 7) is 1.71. The molecule has 0 aliphatic rings. The second-order valence-corrected chi connectivity index (χ2v) is 5.41. The lowest BCUT2D eigenvalue weighted by Crippen LogP contribution is -2.04. The Morgan fingerprint density at radius 3 is 2.82 bits per heavy atom. The van der Waals surface area contributed by atoms with Gasteiger partial charge in [0, 0.05) is 4.47 Å². The third-order valence-corrected chi connectivity index (χ3v) is 4.42. The smallest absolute Gasteiger partial charge is 0.207 e. The molecule has 1 heterocycles. The first-order chi connectivity index (χ1) is 8.02. The van der Waals surface area contributed by atoms with Crippen LogP contribution < -0.4 is 0 Å². The molecule has 0 saturated heterocycles. The number of thiazole rings is 1. The number of aryl methyl sites for hydroxylation is 1. The number of halogens is 3. The van der Waals surface area contributed by atoms with Crippen LogP contribution in [0.5, 0.6) is 0 Å². The molecule has 0 unspecified atom stereocenters. The Bertz CT molecular complexity index is 599. The molecule has 2 nitrogen and oxygen atoms in total. The van der Waals surface area contributed by atoms with Gasteiger partial charge >= 0.3 is 0 Å². The Morgan fingerprint density at radius 1 is 1.53 bits per heavy atom. The summed E-state index contributed by atoms with van der Waals surface area (Å²) in [4.78, 5) is 16.5. The number of hydrogen-bond acceptors (Lipinski definition) is 3. The molecule has 0 saturated carbocycles. The molecule has 0 N–H and O–H groups in total. The van der Waals surface area contributed by atoms with E-state index < -0.39 is 11.6 Å². The number of carbonyl (C=O) groups is 1. The van der Waals surface area contributed by atoms with Gasteiger partial charge in [0.25, 0.3) is 0 Å². The van der Waals surface area contributed by atoms with Crippen molar-refractivity contribution in [3.8, 4) is 0 Å². The van der Waals surface area contributed by atoms with Crippen molar-refractivity contribution in [1.29, 1.82) is 0 Å². The number of hydrogen-bond donors (Lipinski definition) is 0. The van der Waals surface area contributed by atoms with E-state index in [1.54, 1.807) is 18.5 Å². The van der Waals surface area contributed by atoms with Gasteiger partial charge in [-0.3, -0.25) is 4.79 Å². The predicted octanol–water partition coefficient (Wildman–Crippen LogP) is 4.24. The van der Waals surface area contributed by atoms with Crippen molar-refractivity contribution < 1.29 is 9.18 Å². The molecule has 0 radical (unpaired) electrons. The summed E-state index contributed by atoms with van der Waals surface area (Å²) in [5.74, 6) is -1.10. The van der Waals surface area contributed by atoms with Gasteiger partial charge < -0.3 is 0 Å². The van der Waals surface area contributed by atoms with E-state index in [0.29, 0.717) is 15.0 Å². The zero-order chi connectivity index (χ0) is 12.6. The molecule has 0 aliphatic carbocycles. The number of rotatable bonds is 2. The topological polar surface area (TPSA) is 30.0 Å². The first-order valence-corrected chi connectivity index (χ1v) is 6.65. The molecular formula is C11H6BrClFNOS. The zero-order valence-electron chi connectivity index (χ0n) is 8.63. The Balaban J connectivity index is 2.53. The summed E-state index contributed by atoms with van der Waals surface area (Å²) >= 11 is 10.0. The Hall–Kier alpha value is -0.780. The van der Waals surface area contributed by atoms with Crippen LogP contribution in [0.25, 0.3) is 0 Å². The van der Waals surface area contributed by atoms with Crippen LogP contribution in [0.4, 0.5) is 4.39 Å². The minimum atomic E-state index is -0.709. The van der Waals surface area contributed by atoms with E-state index in [0.717, 1.165) is 0 Å². The Labute approximate surface area is 115 Å². The molecule has 88 valence electrons. The zero-order valence-corrected chi connectivity index (χ0v) is 11.8. The third kappa shape index (κ3) is 2.27. The van der Waals surface area contributed by atoms with Crippen LogP contribution in [-0.4, -0.2) is 10.8 Å². The van der Waals surface area contributed by atoms with Gasteiger partial charge in [0.2, 0.25) is 5.78 Å². The van der Waals surface area contributed by atoms with Crippen LogP contribution in [0.1, 0.15) is 20.9 Å². The van der Waals surface area contributed by atoms with E-state index in [1.807, 2.05) is 0 Å². The average molecular weight is 335 g/mol. The maximum absolute atomic E-state index is 13.8. The van der Waals surface area contributed by atoms with E-state index in [4.69, 9.17) is 11.6 Å². The SMILES string of the molecule is Cc1ncsc1C(=O)c1ccc(Br)c(Cl)c1F. The summed E-state index contributed by atoms with van der Waals surface area (Å²) in [5, 5.41) is -0.0852. The Kier molecular flexibility index (Phi) is 3.61. The highest BCUT2D eigenvalue weighted by molar-refractivity contribution is 9.10. The summed E-state index contributed by atoms with van der Waals surface area (Å²) in [6, 6.07) is 2.96. The van der Waals surface area contributed by atoms with Crippen LogP contribution >= 0.6 is 38.9 Å². The van der Waals surface area contributed by atoms with Crippen molar-refractivity contribution in [3.63, 3.8) is 0 Å². The van der Waals surface area contributed by atoms with Gasteiger partial charge in [-0.15, -0.1) is 11.3 Å². The van der Waals surface area contributed by atoms with Crippen molar-refractivity contribution in [3.05, 3.63) is 49.1 Å². The van der Waals surface area contributed by atoms with Gasteiger partial charge in [-0.25, -0.2) is 9.37 Å². The van der Waals surface area contributed by atoms with Crippen LogP contribution in [0.15, 0.2) is 22.1 Å². The quantitative estimate of drug-likeness (QED) is 0.607. The first kappa shape index (κ1) is 12.7. The fourth-order valence-corrected chi connectivity index (χ4v) is 2.57. The maximum Gasteiger partial charge on any atom is 0.207 e. The van der Waals surface area contributed by atoms with Gasteiger partial charge in [0.15, 0.2) is 5.82 Å². The number of carbonyl (C=O) groups excluding carboxylic acids is 1. The molecule has 0 bridgehead atoms. The minimum absolute atomic E-state index is 0.0365. The second kappa shape index (κ2) is 4.84. The van der Waals surface area contributed by atoms with Crippen molar-refractivity contribution in [2.24, 2.45) is 0 Å². The fourth-order valence-electron chi connectivity index (χ4n) is 1.34. The highest BCUT2D eigenvalue weighted by Gasteiger charge is 2.20. The van der Waals surface area contributed by atoms with Gasteiger partial charge in [-0.2, -0.15) is 0 Å². The molecule has 0 fully saturated rings. The molecule has 0 aliphatic heterocycles. The van der Waals surface area contributed by atoms with E-state index in [2.05, 4.69) is 20.9 Å². The molecule has 1 aromatic carbocycles. The standard InChI is InChI=1S/C11H6BrClFNOS/c1-5-11(17-4-15-5)10(16)6-2-3-7(12)8(13)9(6)14/h2-4H,1H3. The normalized spacial score (nSPS) is 10.6. The molecule has 6 heteroatoms. The monoisotopic (exact) mass is 333 g/mol. The van der Waals surface area contributed by atoms with Crippen LogP contribution in [0.3, 0.4) is 0 Å². The van der Waals surface area contributed by atoms with Crippen LogP contribution in [0.2, 0.25) is 5.02 Å². The maximum atomic E-state index is 13.8. The molecule has 0 spiro atoms. The number of aromatic nitrogens is 1. The molecule has 0 atom stereocenters. The van der Waals surface area contributed by atoms with Gasteiger partial charge in [-0.1, -0.05) is 11.6 Å². The highest BCUT2D eigenvalue weighted by atomic mass is 79.9. The lowest BCUT2D eigenvalue weighted by Gasteiger charge is -2.04. The summed E-state index contributed by atoms with van der Waals surface area (Å²) < 4.78 is 14.3. The fraction of sp³-hybridized carbons (Fsp3) is 0.0909. The molecule has 1 aromatic heterocycles. The highest BCUT2D eigenvalue weighted by Crippen LogP contribution is 2.29. The molecule has 17 heavy (non-hydrogen) atoms. The lowest BCUT2D eigenvalue weighted by atomic mass is 10.1. The summed E-state index contributed by atoms with van der Waals surface area (Å²) in [5.41, 5.74) is 2.12. The molecule has 2 aromatic rings. The molecule has 2 rings (SSSR count). The van der Waals surface area contributed by atoms with E-state index >= 15 is 0 Å². The molecule has 0 amide bonds. The third-order valence-electron chi connectivity index (χ3n) is 2.23. The van der Waals surface area contributed by atoms with Gasteiger partial charge in [0.1, 0.15) is 0 Å². The van der Waals surface area contributed by atoms with Crippen molar-refractivity contribution in [2.45, 2.75) is 6.92 Å². The minimum Gasteiger partial charge on any atom is -0.288 e. The van der Waals surface area contributed by atoms with Crippen molar-refractivity contribution >= 4 is 44.7 Å². The second-order valence-electron chi connectivity index (χ2n) is 3.32. The summed E-state index contributed by atoms with van der Waals surface area (Å²) in [6.07, 6.45) is 0. The van der Waals surface area contributed by atoms with Crippen LogP contribution in [-0.2, 0) is 0 Å². The number of nitrogens with zero attached hydrogens (tertiary/aromatic N) is 1. The van der Waals surface area contributed by atoms with E-state index in [1.165, 1.54) is 17.4 Å². The van der Waals surface area contributed by atoms with Gasteiger partial charge in [-0.05, 0) is 35.0 Å². The van der Waals surface area contributed by atoms with E-state index in [9.17, 15) is 9.18 Å². The van der Waals surface area contributed by atoms with Crippen molar-refractivity contribution in [2.75, 3.05) is 0 Å². The average Bonchev–Trinajstić information content (AvgIpc) is 2.72. The summed E-state index contributed by atoms with van der Waals surface area (Å²) in [7, 11) is 0. The van der Waals surface area contributed by atoms with Crippen molar-refractivity contribution in [1.82, 2.24) is 4.98 Å². The first-order valence-electron chi connectivity index (χ1n) is 4.60. The lowest BCUT2D eigenvalue weighted by molar-refractivity contribution is 0.103. The predicted molar refractivity (Wildman–Crippen MR) is 69.4 cm³/mol. The van der Waals surface area contributed by atoms with E-state index in [-0.39, 0.29) is 10.6 Å². The number of ketones is 1. The Morgan fingerprint density at radius 2 is 2.24 bits per heavy atom. The molecular weight excluding hydrogens is 329 g/mol. The number of benzene rings is 1. The largest absolute Gasteiger partial charge is 0.288 e. The van der Waals surface area contributed by atoms with Gasteiger partial charge in [0.05, 0.1) is 26.7 Å².